The fourth-order valence-electron chi connectivity index (χ4n) is 2.04. The van der Waals surface area contributed by atoms with Crippen molar-refractivity contribution in [3.63, 3.8) is 0 Å². The fraction of sp³-hybridized carbons (Fsp3) is 0.278. The molecule has 6 heteroatoms. The van der Waals surface area contributed by atoms with Crippen LogP contribution in [0.4, 0.5) is 5.69 Å². The molecular formula is C18H21NO5. The van der Waals surface area contributed by atoms with Crippen molar-refractivity contribution in [2.24, 2.45) is 0 Å². The molecule has 0 aliphatic carbocycles. The zero-order valence-corrected chi connectivity index (χ0v) is 14.0. The van der Waals surface area contributed by atoms with E-state index in [4.69, 9.17) is 18.9 Å². The van der Waals surface area contributed by atoms with Gasteiger partial charge in [-0.1, -0.05) is 0 Å². The van der Waals surface area contributed by atoms with Crippen LogP contribution in [0.15, 0.2) is 42.5 Å². The number of hydrogen-bond acceptors (Lipinski definition) is 5. The van der Waals surface area contributed by atoms with E-state index < -0.39 is 0 Å². The zero-order valence-electron chi connectivity index (χ0n) is 14.0. The summed E-state index contributed by atoms with van der Waals surface area (Å²) in [5, 5.41) is 2.75. The van der Waals surface area contributed by atoms with Gasteiger partial charge in [0.25, 0.3) is 5.91 Å². The maximum Gasteiger partial charge on any atom is 0.262 e. The second-order valence-corrected chi connectivity index (χ2v) is 4.81. The molecule has 0 radical (unpaired) electrons. The summed E-state index contributed by atoms with van der Waals surface area (Å²) in [5.41, 5.74) is 0.554. The fourth-order valence-corrected chi connectivity index (χ4v) is 2.04. The van der Waals surface area contributed by atoms with Gasteiger partial charge in [-0.05, 0) is 43.3 Å². The Labute approximate surface area is 141 Å². The summed E-state index contributed by atoms with van der Waals surface area (Å²) in [7, 11) is 3.10. The molecule has 0 aliphatic heterocycles. The number of carbonyl (C=O) groups excluding carboxylic acids is 1. The van der Waals surface area contributed by atoms with E-state index in [0.29, 0.717) is 29.5 Å². The van der Waals surface area contributed by atoms with Crippen molar-refractivity contribution in [1.82, 2.24) is 0 Å². The molecule has 2 aromatic rings. The van der Waals surface area contributed by atoms with Gasteiger partial charge in [0.05, 0.1) is 26.5 Å². The predicted molar refractivity (Wildman–Crippen MR) is 91.3 cm³/mol. The van der Waals surface area contributed by atoms with Crippen LogP contribution < -0.4 is 24.3 Å². The number of nitrogens with one attached hydrogen (secondary N) is 1. The Morgan fingerprint density at radius 1 is 0.917 bits per heavy atom. The van der Waals surface area contributed by atoms with Crippen molar-refractivity contribution < 1.29 is 23.7 Å². The monoisotopic (exact) mass is 331 g/mol. The van der Waals surface area contributed by atoms with Gasteiger partial charge >= 0.3 is 0 Å². The molecule has 1 amide bonds. The van der Waals surface area contributed by atoms with Crippen LogP contribution in [0.25, 0.3) is 0 Å². The number of ether oxygens (including phenoxy) is 4. The molecule has 2 rings (SSSR count). The van der Waals surface area contributed by atoms with Crippen LogP contribution in [0.2, 0.25) is 0 Å². The highest BCUT2D eigenvalue weighted by Crippen LogP contribution is 2.29. The lowest BCUT2D eigenvalue weighted by Gasteiger charge is -2.12. The minimum atomic E-state index is -0.285. The largest absolute Gasteiger partial charge is 0.497 e. The Morgan fingerprint density at radius 3 is 2.12 bits per heavy atom. The van der Waals surface area contributed by atoms with E-state index >= 15 is 0 Å². The van der Waals surface area contributed by atoms with Crippen LogP contribution in [0.5, 0.6) is 23.0 Å². The normalized spacial score (nSPS) is 9.96. The number of carbonyl (C=O) groups is 1. The third-order valence-electron chi connectivity index (χ3n) is 3.19. The molecule has 0 atom stereocenters. The van der Waals surface area contributed by atoms with Crippen LogP contribution in [0.3, 0.4) is 0 Å². The molecule has 0 aliphatic rings. The van der Waals surface area contributed by atoms with Crippen molar-refractivity contribution in [3.05, 3.63) is 42.5 Å². The van der Waals surface area contributed by atoms with Gasteiger partial charge in [0.15, 0.2) is 6.61 Å². The second-order valence-electron chi connectivity index (χ2n) is 4.81. The summed E-state index contributed by atoms with van der Waals surface area (Å²) in [4.78, 5) is 12.0. The van der Waals surface area contributed by atoms with Crippen LogP contribution in [-0.2, 0) is 4.79 Å². The molecule has 0 spiro atoms. The number of anilines is 1. The van der Waals surface area contributed by atoms with Gasteiger partial charge in [0.1, 0.15) is 23.0 Å². The molecular weight excluding hydrogens is 310 g/mol. The minimum Gasteiger partial charge on any atom is -0.497 e. The standard InChI is InChI=1S/C18H21NO5/c1-4-23-13-5-7-14(8-6-13)24-12-18(20)19-16-10-9-15(21-2)11-17(16)22-3/h5-11H,4,12H2,1-3H3,(H,19,20). The van der Waals surface area contributed by atoms with Crippen LogP contribution in [0, 0.1) is 0 Å². The Bertz CT molecular complexity index is 670. The van der Waals surface area contributed by atoms with E-state index in [9.17, 15) is 4.79 Å². The summed E-state index contributed by atoms with van der Waals surface area (Å²) in [5.74, 6) is 2.24. The van der Waals surface area contributed by atoms with Gasteiger partial charge < -0.3 is 24.3 Å². The summed E-state index contributed by atoms with van der Waals surface area (Å²) in [6.07, 6.45) is 0. The SMILES string of the molecule is CCOc1ccc(OCC(=O)Nc2ccc(OC)cc2OC)cc1. The first kappa shape index (κ1) is 17.5. The molecule has 0 saturated heterocycles. The van der Waals surface area contributed by atoms with E-state index in [2.05, 4.69) is 5.32 Å². The third-order valence-corrected chi connectivity index (χ3v) is 3.19. The predicted octanol–water partition coefficient (Wildman–Crippen LogP) is 3.12. The maximum absolute atomic E-state index is 12.0. The Balaban J connectivity index is 1.91. The van der Waals surface area contributed by atoms with Gasteiger partial charge in [0, 0.05) is 6.07 Å². The maximum atomic E-state index is 12.0. The molecule has 1 N–H and O–H groups in total. The van der Waals surface area contributed by atoms with Crippen molar-refractivity contribution in [2.75, 3.05) is 32.8 Å². The highest BCUT2D eigenvalue weighted by Gasteiger charge is 2.09. The minimum absolute atomic E-state index is 0.108. The molecule has 0 heterocycles. The van der Waals surface area contributed by atoms with E-state index in [1.165, 1.54) is 7.11 Å². The average Bonchev–Trinajstić information content (AvgIpc) is 2.61. The smallest absolute Gasteiger partial charge is 0.262 e. The van der Waals surface area contributed by atoms with Gasteiger partial charge in [-0.25, -0.2) is 0 Å². The lowest BCUT2D eigenvalue weighted by atomic mass is 10.2. The summed E-state index contributed by atoms with van der Waals surface area (Å²) in [6.45, 7) is 2.41. The van der Waals surface area contributed by atoms with Crippen molar-refractivity contribution >= 4 is 11.6 Å². The lowest BCUT2D eigenvalue weighted by Crippen LogP contribution is -2.20. The summed E-state index contributed by atoms with van der Waals surface area (Å²) in [6, 6.07) is 12.3. The van der Waals surface area contributed by atoms with E-state index in [0.717, 1.165) is 5.75 Å². The number of methoxy groups -OCH3 is 2. The summed E-state index contributed by atoms with van der Waals surface area (Å²) < 4.78 is 21.2. The average molecular weight is 331 g/mol. The molecule has 6 nitrogen and oxygen atoms in total. The van der Waals surface area contributed by atoms with Gasteiger partial charge in [-0.15, -0.1) is 0 Å². The molecule has 0 fully saturated rings. The zero-order chi connectivity index (χ0) is 17.4. The first-order chi connectivity index (χ1) is 11.7. The first-order valence-electron chi connectivity index (χ1n) is 7.53. The number of benzene rings is 2. The van der Waals surface area contributed by atoms with Crippen LogP contribution in [-0.4, -0.2) is 33.3 Å². The Kier molecular flexibility index (Phi) is 6.31. The van der Waals surface area contributed by atoms with Crippen LogP contribution in [0.1, 0.15) is 6.92 Å². The van der Waals surface area contributed by atoms with Gasteiger partial charge in [-0.3, -0.25) is 4.79 Å². The Morgan fingerprint density at radius 2 is 1.54 bits per heavy atom. The first-order valence-corrected chi connectivity index (χ1v) is 7.53. The molecule has 128 valence electrons. The number of amides is 1. The molecule has 0 saturated carbocycles. The van der Waals surface area contributed by atoms with E-state index in [-0.39, 0.29) is 12.5 Å². The molecule has 24 heavy (non-hydrogen) atoms. The highest BCUT2D eigenvalue weighted by atomic mass is 16.5. The van der Waals surface area contributed by atoms with Gasteiger partial charge in [-0.2, -0.15) is 0 Å². The molecule has 0 aromatic heterocycles. The van der Waals surface area contributed by atoms with E-state index in [1.54, 1.807) is 49.6 Å². The molecule has 0 unspecified atom stereocenters. The van der Waals surface area contributed by atoms with Crippen LogP contribution >= 0.6 is 0 Å². The van der Waals surface area contributed by atoms with E-state index in [1.807, 2.05) is 6.92 Å². The topological polar surface area (TPSA) is 66.0 Å². The quantitative estimate of drug-likeness (QED) is 0.805. The van der Waals surface area contributed by atoms with Crippen molar-refractivity contribution in [3.8, 4) is 23.0 Å². The third kappa shape index (κ3) is 4.81. The molecule has 0 bridgehead atoms. The number of rotatable bonds is 8. The Hall–Kier alpha value is -2.89. The lowest BCUT2D eigenvalue weighted by molar-refractivity contribution is -0.118. The van der Waals surface area contributed by atoms with Crippen molar-refractivity contribution in [1.29, 1.82) is 0 Å². The van der Waals surface area contributed by atoms with Crippen molar-refractivity contribution in [2.45, 2.75) is 6.92 Å². The van der Waals surface area contributed by atoms with Gasteiger partial charge in [0.2, 0.25) is 0 Å². The number of hydrogen-bond donors (Lipinski definition) is 1. The second kappa shape index (κ2) is 8.67. The molecule has 2 aromatic carbocycles. The highest BCUT2D eigenvalue weighted by molar-refractivity contribution is 5.93. The summed E-state index contributed by atoms with van der Waals surface area (Å²) >= 11 is 0.